The van der Waals surface area contributed by atoms with E-state index in [9.17, 15) is 9.59 Å². The lowest BCUT2D eigenvalue weighted by molar-refractivity contribution is 0.306. The van der Waals surface area contributed by atoms with Gasteiger partial charge in [-0.15, -0.1) is 4.68 Å². The highest BCUT2D eigenvalue weighted by Crippen LogP contribution is 2.15. The molecule has 0 aliphatic carbocycles. The molecule has 0 bridgehead atoms. The van der Waals surface area contributed by atoms with Crippen molar-refractivity contribution in [1.29, 1.82) is 5.26 Å². The molecular formula is C23H16N4O3. The van der Waals surface area contributed by atoms with Crippen LogP contribution in [0.5, 0.6) is 5.75 Å². The smallest absolute Gasteiger partial charge is 0.349 e. The molecule has 0 spiro atoms. The van der Waals surface area contributed by atoms with Crippen LogP contribution in [0, 0.1) is 11.3 Å². The number of fused-ring (bicyclic) bond motifs is 1. The summed E-state index contributed by atoms with van der Waals surface area (Å²) < 4.78 is 6.53. The maximum atomic E-state index is 12.5. The number of hydrogen-bond acceptors (Lipinski definition) is 5. The third-order valence-electron chi connectivity index (χ3n) is 4.52. The number of nitriles is 1. The summed E-state index contributed by atoms with van der Waals surface area (Å²) in [5.74, 6) is 0.626. The fraction of sp³-hybridized carbons (Fsp3) is 0.0435. The Labute approximate surface area is 171 Å². The standard InChI is InChI=1S/C23H16N4O3/c24-13-17-5-1-2-6-18(17)15-30-19-11-9-16(10-12-19)14-25-27-22(28)20-7-3-4-8-21(20)26-23(27)29/h1-12,14H,15H2,(H,26,29). The molecule has 0 aliphatic rings. The van der Waals surface area contributed by atoms with Crippen molar-refractivity contribution in [2.45, 2.75) is 6.61 Å². The average molecular weight is 396 g/mol. The normalized spacial score (nSPS) is 10.9. The minimum Gasteiger partial charge on any atom is -0.489 e. The number of aromatic nitrogens is 2. The van der Waals surface area contributed by atoms with Gasteiger partial charge in [0.2, 0.25) is 0 Å². The maximum Gasteiger partial charge on any atom is 0.349 e. The molecule has 0 saturated heterocycles. The lowest BCUT2D eigenvalue weighted by atomic mass is 10.1. The van der Waals surface area contributed by atoms with Crippen LogP contribution in [-0.4, -0.2) is 15.9 Å². The maximum absolute atomic E-state index is 12.5. The van der Waals surface area contributed by atoms with Crippen molar-refractivity contribution in [2.24, 2.45) is 5.10 Å². The van der Waals surface area contributed by atoms with Crippen LogP contribution in [0.1, 0.15) is 16.7 Å². The molecule has 3 aromatic carbocycles. The van der Waals surface area contributed by atoms with Crippen molar-refractivity contribution >= 4 is 17.1 Å². The Balaban J connectivity index is 1.51. The summed E-state index contributed by atoms with van der Waals surface area (Å²) in [7, 11) is 0. The Bertz CT molecular complexity index is 1390. The van der Waals surface area contributed by atoms with Gasteiger partial charge in [0.1, 0.15) is 12.4 Å². The fourth-order valence-corrected chi connectivity index (χ4v) is 2.95. The molecule has 0 radical (unpaired) electrons. The van der Waals surface area contributed by atoms with Gasteiger partial charge in [-0.2, -0.15) is 10.4 Å². The molecule has 146 valence electrons. The first kappa shape index (κ1) is 18.9. The molecule has 0 amide bonds. The summed E-state index contributed by atoms with van der Waals surface area (Å²) in [4.78, 5) is 27.3. The molecule has 7 nitrogen and oxygen atoms in total. The number of H-pyrrole nitrogens is 1. The Morgan fingerprint density at radius 3 is 2.53 bits per heavy atom. The second-order valence-corrected chi connectivity index (χ2v) is 6.46. The zero-order chi connectivity index (χ0) is 20.9. The molecular weight excluding hydrogens is 380 g/mol. The largest absolute Gasteiger partial charge is 0.489 e. The van der Waals surface area contributed by atoms with Crippen LogP contribution in [0.4, 0.5) is 0 Å². The zero-order valence-corrected chi connectivity index (χ0v) is 15.8. The van der Waals surface area contributed by atoms with Crippen LogP contribution >= 0.6 is 0 Å². The van der Waals surface area contributed by atoms with Gasteiger partial charge < -0.3 is 9.72 Å². The van der Waals surface area contributed by atoms with Crippen molar-refractivity contribution in [3.05, 3.63) is 110 Å². The van der Waals surface area contributed by atoms with E-state index in [4.69, 9.17) is 10.00 Å². The molecule has 0 unspecified atom stereocenters. The third-order valence-corrected chi connectivity index (χ3v) is 4.52. The molecule has 0 fully saturated rings. The Kier molecular flexibility index (Phi) is 5.22. The number of benzene rings is 3. The van der Waals surface area contributed by atoms with E-state index in [1.165, 1.54) is 6.21 Å². The third kappa shape index (κ3) is 3.88. The quantitative estimate of drug-likeness (QED) is 0.524. The predicted octanol–water partition coefficient (Wildman–Crippen LogP) is 3.02. The number of nitrogens with one attached hydrogen (secondary N) is 1. The number of hydrogen-bond donors (Lipinski definition) is 1. The molecule has 0 aliphatic heterocycles. The second kappa shape index (κ2) is 8.29. The van der Waals surface area contributed by atoms with E-state index in [2.05, 4.69) is 16.2 Å². The Morgan fingerprint density at radius 1 is 1.00 bits per heavy atom. The minimum atomic E-state index is -0.605. The van der Waals surface area contributed by atoms with Gasteiger partial charge >= 0.3 is 5.69 Å². The van der Waals surface area contributed by atoms with E-state index >= 15 is 0 Å². The number of rotatable bonds is 5. The molecule has 1 aromatic heterocycles. The molecule has 30 heavy (non-hydrogen) atoms. The highest BCUT2D eigenvalue weighted by atomic mass is 16.5. The lowest BCUT2D eigenvalue weighted by Crippen LogP contribution is -2.32. The van der Waals surface area contributed by atoms with Gasteiger partial charge in [0.15, 0.2) is 0 Å². The van der Waals surface area contributed by atoms with E-state index in [-0.39, 0.29) is 6.61 Å². The van der Waals surface area contributed by atoms with Crippen molar-refractivity contribution in [3.63, 3.8) is 0 Å². The van der Waals surface area contributed by atoms with E-state index in [1.807, 2.05) is 18.2 Å². The summed E-state index contributed by atoms with van der Waals surface area (Å²) in [5.41, 5.74) is 1.46. The van der Waals surface area contributed by atoms with Crippen LogP contribution in [0.25, 0.3) is 10.9 Å². The minimum absolute atomic E-state index is 0.277. The molecule has 4 rings (SSSR count). The van der Waals surface area contributed by atoms with E-state index in [0.29, 0.717) is 27.8 Å². The highest BCUT2D eigenvalue weighted by Gasteiger charge is 2.06. The summed E-state index contributed by atoms with van der Waals surface area (Å²) in [6.07, 6.45) is 1.43. The molecule has 0 saturated carbocycles. The summed E-state index contributed by atoms with van der Waals surface area (Å²) >= 11 is 0. The van der Waals surface area contributed by atoms with Crippen LogP contribution in [0.2, 0.25) is 0 Å². The van der Waals surface area contributed by atoms with Gasteiger partial charge in [-0.3, -0.25) is 4.79 Å². The van der Waals surface area contributed by atoms with Gasteiger partial charge in [-0.25, -0.2) is 4.79 Å². The van der Waals surface area contributed by atoms with E-state index in [1.54, 1.807) is 54.6 Å². The Morgan fingerprint density at radius 2 is 1.73 bits per heavy atom. The summed E-state index contributed by atoms with van der Waals surface area (Å²) in [5, 5.41) is 13.5. The predicted molar refractivity (Wildman–Crippen MR) is 114 cm³/mol. The van der Waals surface area contributed by atoms with Crippen LogP contribution < -0.4 is 16.0 Å². The lowest BCUT2D eigenvalue weighted by Gasteiger charge is -2.07. The number of para-hydroxylation sites is 1. The average Bonchev–Trinajstić information content (AvgIpc) is 2.78. The number of aromatic amines is 1. The first-order valence-electron chi connectivity index (χ1n) is 9.15. The molecule has 1 heterocycles. The summed E-state index contributed by atoms with van der Waals surface area (Å²) in [6, 6.07) is 23.2. The second-order valence-electron chi connectivity index (χ2n) is 6.46. The van der Waals surface area contributed by atoms with Gasteiger partial charge in [-0.1, -0.05) is 30.3 Å². The van der Waals surface area contributed by atoms with E-state index in [0.717, 1.165) is 10.2 Å². The van der Waals surface area contributed by atoms with Gasteiger partial charge in [0.05, 0.1) is 28.8 Å². The molecule has 0 atom stereocenters. The van der Waals surface area contributed by atoms with Gasteiger partial charge in [-0.05, 0) is 48.0 Å². The van der Waals surface area contributed by atoms with Crippen molar-refractivity contribution < 1.29 is 4.74 Å². The Hall–Kier alpha value is -4.44. The van der Waals surface area contributed by atoms with Crippen molar-refractivity contribution in [3.8, 4) is 11.8 Å². The van der Waals surface area contributed by atoms with Gasteiger partial charge in [0.25, 0.3) is 5.56 Å². The SMILES string of the molecule is N#Cc1ccccc1COc1ccc(C=Nn2c(=O)[nH]c3ccccc3c2=O)cc1. The molecule has 1 N–H and O–H groups in total. The van der Waals surface area contributed by atoms with Crippen LogP contribution in [0.15, 0.2) is 87.5 Å². The molecule has 4 aromatic rings. The van der Waals surface area contributed by atoms with Crippen LogP contribution in [-0.2, 0) is 6.61 Å². The van der Waals surface area contributed by atoms with Crippen molar-refractivity contribution in [1.82, 2.24) is 9.66 Å². The van der Waals surface area contributed by atoms with E-state index < -0.39 is 11.2 Å². The first-order valence-corrected chi connectivity index (χ1v) is 9.15. The zero-order valence-electron chi connectivity index (χ0n) is 15.8. The number of ether oxygens (including phenoxy) is 1. The fourth-order valence-electron chi connectivity index (χ4n) is 2.95. The van der Waals surface area contributed by atoms with Gasteiger partial charge in [0, 0.05) is 5.56 Å². The molecule has 7 heteroatoms. The topological polar surface area (TPSA) is 100 Å². The first-order chi connectivity index (χ1) is 14.7. The number of nitrogens with zero attached hydrogens (tertiary/aromatic N) is 3. The van der Waals surface area contributed by atoms with Crippen LogP contribution in [0.3, 0.4) is 0 Å². The summed E-state index contributed by atoms with van der Waals surface area (Å²) in [6.45, 7) is 0.277. The highest BCUT2D eigenvalue weighted by molar-refractivity contribution is 5.80. The van der Waals surface area contributed by atoms with Crippen molar-refractivity contribution in [2.75, 3.05) is 0 Å². The monoisotopic (exact) mass is 396 g/mol.